The molecule has 14 heavy (non-hydrogen) atoms. The average molecular weight is 371 g/mol. The smallest absolute Gasteiger partial charge is 0.337 e. The SMILES string of the molecule is Cc1c(I)cc(Br)cc1C(O)C(=O)O. The predicted octanol–water partition coefficient (Wildman–Crippen LogP) is 2.48. The van der Waals surface area contributed by atoms with Crippen molar-refractivity contribution in [2.45, 2.75) is 13.0 Å². The zero-order chi connectivity index (χ0) is 10.9. The maximum atomic E-state index is 10.6. The van der Waals surface area contributed by atoms with Gasteiger partial charge in [-0.2, -0.15) is 0 Å². The molecule has 0 saturated heterocycles. The molecule has 76 valence electrons. The lowest BCUT2D eigenvalue weighted by Crippen LogP contribution is -2.12. The highest BCUT2D eigenvalue weighted by Crippen LogP contribution is 2.26. The minimum Gasteiger partial charge on any atom is -0.479 e. The zero-order valence-electron chi connectivity index (χ0n) is 7.29. The highest BCUT2D eigenvalue weighted by molar-refractivity contribution is 14.1. The molecule has 0 saturated carbocycles. The predicted molar refractivity (Wildman–Crippen MR) is 64.2 cm³/mol. The second kappa shape index (κ2) is 4.59. The van der Waals surface area contributed by atoms with E-state index in [0.29, 0.717) is 5.56 Å². The number of carboxylic acid groups (broad SMARTS) is 1. The number of carboxylic acids is 1. The summed E-state index contributed by atoms with van der Waals surface area (Å²) in [5.74, 6) is -1.23. The molecular weight excluding hydrogens is 363 g/mol. The highest BCUT2D eigenvalue weighted by Gasteiger charge is 2.19. The Bertz CT molecular complexity index is 379. The molecule has 0 amide bonds. The first-order valence-electron chi connectivity index (χ1n) is 3.80. The first-order valence-corrected chi connectivity index (χ1v) is 5.67. The lowest BCUT2D eigenvalue weighted by atomic mass is 10.0. The third-order valence-electron chi connectivity index (χ3n) is 1.88. The Kier molecular flexibility index (Phi) is 3.91. The summed E-state index contributed by atoms with van der Waals surface area (Å²) < 4.78 is 1.69. The fraction of sp³-hybridized carbons (Fsp3) is 0.222. The Morgan fingerprint density at radius 1 is 1.57 bits per heavy atom. The summed E-state index contributed by atoms with van der Waals surface area (Å²) in [7, 11) is 0. The Labute approximate surface area is 103 Å². The van der Waals surface area contributed by atoms with Crippen LogP contribution in [0.15, 0.2) is 16.6 Å². The van der Waals surface area contributed by atoms with Crippen LogP contribution in [0.5, 0.6) is 0 Å². The standard InChI is InChI=1S/C9H8BrIO3/c1-4-6(8(12)9(13)14)2-5(10)3-7(4)11/h2-3,8,12H,1H3,(H,13,14). The van der Waals surface area contributed by atoms with Crippen LogP contribution in [0.4, 0.5) is 0 Å². The number of carbonyl (C=O) groups is 1. The van der Waals surface area contributed by atoms with Crippen molar-refractivity contribution in [3.63, 3.8) is 0 Å². The summed E-state index contributed by atoms with van der Waals surface area (Å²) in [6, 6.07) is 3.49. The monoisotopic (exact) mass is 370 g/mol. The van der Waals surface area contributed by atoms with E-state index in [1.807, 2.05) is 6.07 Å². The summed E-state index contributed by atoms with van der Waals surface area (Å²) in [5.41, 5.74) is 1.22. The number of halogens is 2. The summed E-state index contributed by atoms with van der Waals surface area (Å²) in [6.45, 7) is 1.79. The molecule has 0 heterocycles. The van der Waals surface area contributed by atoms with Gasteiger partial charge in [-0.25, -0.2) is 4.79 Å². The Hall–Kier alpha value is -0.140. The summed E-state index contributed by atoms with van der Waals surface area (Å²) in [6.07, 6.45) is -1.46. The van der Waals surface area contributed by atoms with Crippen molar-refractivity contribution in [2.75, 3.05) is 0 Å². The second-order valence-electron chi connectivity index (χ2n) is 2.84. The molecule has 0 bridgehead atoms. The number of aliphatic hydroxyl groups excluding tert-OH is 1. The van der Waals surface area contributed by atoms with Gasteiger partial charge in [0.15, 0.2) is 6.10 Å². The van der Waals surface area contributed by atoms with Crippen LogP contribution >= 0.6 is 38.5 Å². The molecule has 1 atom stereocenters. The van der Waals surface area contributed by atoms with Crippen LogP contribution in [0.25, 0.3) is 0 Å². The average Bonchev–Trinajstić information content (AvgIpc) is 2.09. The fourth-order valence-corrected chi connectivity index (χ4v) is 2.63. The molecule has 1 rings (SSSR count). The number of hydrogen-bond donors (Lipinski definition) is 2. The van der Waals surface area contributed by atoms with Crippen molar-refractivity contribution in [1.29, 1.82) is 0 Å². The molecule has 0 aromatic heterocycles. The van der Waals surface area contributed by atoms with E-state index in [0.717, 1.165) is 13.6 Å². The van der Waals surface area contributed by atoms with Gasteiger partial charge in [0.05, 0.1) is 0 Å². The molecule has 0 fully saturated rings. The molecule has 5 heteroatoms. The van der Waals surface area contributed by atoms with Crippen molar-refractivity contribution in [1.82, 2.24) is 0 Å². The molecule has 3 nitrogen and oxygen atoms in total. The van der Waals surface area contributed by atoms with Gasteiger partial charge in [0.25, 0.3) is 0 Å². The molecular formula is C9H8BrIO3. The van der Waals surface area contributed by atoms with Crippen LogP contribution in [-0.4, -0.2) is 16.2 Å². The Balaban J connectivity index is 3.26. The lowest BCUT2D eigenvalue weighted by Gasteiger charge is -2.11. The molecule has 0 aliphatic rings. The third-order valence-corrected chi connectivity index (χ3v) is 3.46. The van der Waals surface area contributed by atoms with E-state index >= 15 is 0 Å². The number of benzene rings is 1. The minimum absolute atomic E-state index is 0.427. The van der Waals surface area contributed by atoms with E-state index in [-0.39, 0.29) is 0 Å². The zero-order valence-corrected chi connectivity index (χ0v) is 11.0. The van der Waals surface area contributed by atoms with Crippen molar-refractivity contribution >= 4 is 44.5 Å². The van der Waals surface area contributed by atoms with Crippen molar-refractivity contribution in [3.8, 4) is 0 Å². The van der Waals surface area contributed by atoms with Gasteiger partial charge >= 0.3 is 5.97 Å². The van der Waals surface area contributed by atoms with Gasteiger partial charge in [-0.1, -0.05) is 15.9 Å². The molecule has 0 aliphatic carbocycles. The Morgan fingerprint density at radius 3 is 2.64 bits per heavy atom. The molecule has 1 aromatic rings. The van der Waals surface area contributed by atoms with Gasteiger partial charge in [0.2, 0.25) is 0 Å². The topological polar surface area (TPSA) is 57.5 Å². The summed E-state index contributed by atoms with van der Waals surface area (Å²) in [5, 5.41) is 18.1. The summed E-state index contributed by atoms with van der Waals surface area (Å²) in [4.78, 5) is 10.6. The summed E-state index contributed by atoms with van der Waals surface area (Å²) >= 11 is 5.35. The van der Waals surface area contributed by atoms with Crippen LogP contribution in [-0.2, 0) is 4.79 Å². The number of hydrogen-bond acceptors (Lipinski definition) is 2. The van der Waals surface area contributed by atoms with Crippen LogP contribution in [0.2, 0.25) is 0 Å². The van der Waals surface area contributed by atoms with Crippen molar-refractivity contribution in [3.05, 3.63) is 31.3 Å². The van der Waals surface area contributed by atoms with E-state index in [4.69, 9.17) is 5.11 Å². The van der Waals surface area contributed by atoms with Crippen molar-refractivity contribution < 1.29 is 15.0 Å². The quantitative estimate of drug-likeness (QED) is 0.786. The van der Waals surface area contributed by atoms with Crippen LogP contribution in [0.3, 0.4) is 0 Å². The molecule has 0 spiro atoms. The maximum absolute atomic E-state index is 10.6. The Morgan fingerprint density at radius 2 is 2.14 bits per heavy atom. The number of aliphatic carboxylic acids is 1. The van der Waals surface area contributed by atoms with E-state index in [2.05, 4.69) is 38.5 Å². The van der Waals surface area contributed by atoms with Crippen molar-refractivity contribution in [2.24, 2.45) is 0 Å². The van der Waals surface area contributed by atoms with Gasteiger partial charge in [-0.15, -0.1) is 0 Å². The van der Waals surface area contributed by atoms with E-state index in [1.165, 1.54) is 0 Å². The second-order valence-corrected chi connectivity index (χ2v) is 4.92. The highest BCUT2D eigenvalue weighted by atomic mass is 127. The van der Waals surface area contributed by atoms with E-state index in [1.54, 1.807) is 13.0 Å². The van der Waals surface area contributed by atoms with Crippen LogP contribution < -0.4 is 0 Å². The molecule has 0 aliphatic heterocycles. The largest absolute Gasteiger partial charge is 0.479 e. The van der Waals surface area contributed by atoms with E-state index < -0.39 is 12.1 Å². The first kappa shape index (κ1) is 11.9. The van der Waals surface area contributed by atoms with Gasteiger partial charge in [0, 0.05) is 8.04 Å². The number of rotatable bonds is 2. The molecule has 2 N–H and O–H groups in total. The molecule has 1 aromatic carbocycles. The van der Waals surface area contributed by atoms with Gasteiger partial charge in [-0.3, -0.25) is 0 Å². The third kappa shape index (κ3) is 2.46. The molecule has 1 unspecified atom stereocenters. The van der Waals surface area contributed by atoms with Gasteiger partial charge in [0.1, 0.15) is 0 Å². The number of aliphatic hydroxyl groups is 1. The maximum Gasteiger partial charge on any atom is 0.337 e. The normalized spacial score (nSPS) is 12.6. The van der Waals surface area contributed by atoms with Gasteiger partial charge in [-0.05, 0) is 52.8 Å². The lowest BCUT2D eigenvalue weighted by molar-refractivity contribution is -0.147. The first-order chi connectivity index (χ1) is 6.43. The van der Waals surface area contributed by atoms with Crippen LogP contribution in [0.1, 0.15) is 17.2 Å². The fourth-order valence-electron chi connectivity index (χ4n) is 1.08. The van der Waals surface area contributed by atoms with Gasteiger partial charge < -0.3 is 10.2 Å². The van der Waals surface area contributed by atoms with E-state index in [9.17, 15) is 9.90 Å². The minimum atomic E-state index is -1.46. The van der Waals surface area contributed by atoms with Crippen LogP contribution in [0, 0.1) is 10.5 Å². The molecule has 0 radical (unpaired) electrons.